The van der Waals surface area contributed by atoms with E-state index < -0.39 is 11.9 Å². The van der Waals surface area contributed by atoms with Gasteiger partial charge in [-0.25, -0.2) is 0 Å². The molecular formula is C16H20F3N5O. The number of hydrogen-bond donors (Lipinski definition) is 1. The summed E-state index contributed by atoms with van der Waals surface area (Å²) in [5.41, 5.74) is 0.627. The molecule has 9 heteroatoms. The highest BCUT2D eigenvalue weighted by atomic mass is 19.4. The third-order valence-electron chi connectivity index (χ3n) is 4.31. The molecule has 1 aliphatic carbocycles. The van der Waals surface area contributed by atoms with Crippen molar-refractivity contribution in [3.63, 3.8) is 0 Å². The summed E-state index contributed by atoms with van der Waals surface area (Å²) < 4.78 is 42.4. The fraction of sp³-hybridized carbons (Fsp3) is 0.562. The molecule has 25 heavy (non-hydrogen) atoms. The third-order valence-corrected chi connectivity index (χ3v) is 4.31. The van der Waals surface area contributed by atoms with Crippen LogP contribution in [0.3, 0.4) is 0 Å². The third kappa shape index (κ3) is 3.85. The molecule has 0 unspecified atom stereocenters. The molecule has 3 rings (SSSR count). The molecule has 0 aromatic carbocycles. The van der Waals surface area contributed by atoms with Crippen molar-refractivity contribution in [3.8, 4) is 0 Å². The van der Waals surface area contributed by atoms with Gasteiger partial charge in [0.05, 0.1) is 12.2 Å². The lowest BCUT2D eigenvalue weighted by molar-refractivity contribution is -0.142. The van der Waals surface area contributed by atoms with E-state index in [4.69, 9.17) is 0 Å². The van der Waals surface area contributed by atoms with Crippen molar-refractivity contribution in [2.45, 2.75) is 58.4 Å². The van der Waals surface area contributed by atoms with Gasteiger partial charge in [-0.05, 0) is 38.7 Å². The summed E-state index contributed by atoms with van der Waals surface area (Å²) in [7, 11) is 0. The molecule has 2 aromatic heterocycles. The summed E-state index contributed by atoms with van der Waals surface area (Å²) in [6.07, 6.45) is -0.274. The highest BCUT2D eigenvalue weighted by molar-refractivity contribution is 5.75. The first-order valence-corrected chi connectivity index (χ1v) is 8.33. The molecule has 0 saturated heterocycles. The average molecular weight is 355 g/mol. The van der Waals surface area contributed by atoms with Gasteiger partial charge in [0, 0.05) is 24.0 Å². The van der Waals surface area contributed by atoms with Gasteiger partial charge in [0.1, 0.15) is 6.54 Å². The summed E-state index contributed by atoms with van der Waals surface area (Å²) in [5, 5.41) is 10.6. The second kappa shape index (κ2) is 6.89. The van der Waals surface area contributed by atoms with Crippen molar-refractivity contribution in [3.05, 3.63) is 34.9 Å². The van der Waals surface area contributed by atoms with E-state index in [0.29, 0.717) is 30.7 Å². The van der Waals surface area contributed by atoms with Gasteiger partial charge in [-0.2, -0.15) is 23.4 Å². The smallest absolute Gasteiger partial charge is 0.349 e. The number of halogens is 3. The van der Waals surface area contributed by atoms with Crippen molar-refractivity contribution in [1.29, 1.82) is 0 Å². The van der Waals surface area contributed by atoms with Crippen LogP contribution in [0.2, 0.25) is 0 Å². The van der Waals surface area contributed by atoms with Crippen LogP contribution in [0.4, 0.5) is 13.2 Å². The first-order chi connectivity index (χ1) is 11.9. The molecule has 1 aliphatic rings. The topological polar surface area (TPSA) is 64.7 Å². The zero-order valence-electron chi connectivity index (χ0n) is 13.9. The normalized spacial score (nSPS) is 14.4. The van der Waals surface area contributed by atoms with E-state index in [1.54, 1.807) is 16.9 Å². The summed E-state index contributed by atoms with van der Waals surface area (Å²) in [6, 6.07) is 1.79. The van der Waals surface area contributed by atoms with Crippen molar-refractivity contribution in [2.75, 3.05) is 0 Å². The number of rotatable bonds is 5. The van der Waals surface area contributed by atoms with Crippen molar-refractivity contribution >= 4 is 5.91 Å². The minimum Gasteiger partial charge on any atom is -0.349 e. The Bertz CT molecular complexity index is 762. The highest BCUT2D eigenvalue weighted by Crippen LogP contribution is 2.35. The number of aromatic nitrogens is 4. The molecule has 0 atom stereocenters. The minimum atomic E-state index is -4.49. The van der Waals surface area contributed by atoms with Gasteiger partial charge < -0.3 is 5.32 Å². The number of carbonyl (C=O) groups is 1. The van der Waals surface area contributed by atoms with E-state index in [9.17, 15) is 18.0 Å². The summed E-state index contributed by atoms with van der Waals surface area (Å²) >= 11 is 0. The number of amides is 1. The maximum atomic E-state index is 13.1. The van der Waals surface area contributed by atoms with Gasteiger partial charge in [-0.15, -0.1) is 0 Å². The van der Waals surface area contributed by atoms with E-state index in [0.717, 1.165) is 13.0 Å². The van der Waals surface area contributed by atoms with Crippen LogP contribution in [-0.4, -0.2) is 25.5 Å². The number of carbonyl (C=O) groups excluding carboxylic acids is 1. The van der Waals surface area contributed by atoms with E-state index in [-0.39, 0.29) is 24.6 Å². The predicted molar refractivity (Wildman–Crippen MR) is 83.6 cm³/mol. The number of nitrogens with one attached hydrogen (secondary N) is 1. The molecule has 0 radical (unpaired) electrons. The summed E-state index contributed by atoms with van der Waals surface area (Å²) in [4.78, 5) is 12.1. The molecule has 2 aromatic rings. The molecule has 0 saturated carbocycles. The summed E-state index contributed by atoms with van der Waals surface area (Å²) in [6.45, 7) is 2.70. The van der Waals surface area contributed by atoms with E-state index in [1.807, 2.05) is 6.92 Å². The number of nitrogens with zero attached hydrogens (tertiary/aromatic N) is 4. The molecule has 1 amide bonds. The Morgan fingerprint density at radius 1 is 1.28 bits per heavy atom. The van der Waals surface area contributed by atoms with Crippen molar-refractivity contribution in [1.82, 2.24) is 24.9 Å². The van der Waals surface area contributed by atoms with Crippen LogP contribution in [0.25, 0.3) is 0 Å². The van der Waals surface area contributed by atoms with Crippen LogP contribution in [0.5, 0.6) is 0 Å². The highest BCUT2D eigenvalue weighted by Gasteiger charge is 2.39. The lowest BCUT2D eigenvalue weighted by Crippen LogP contribution is -2.28. The molecule has 2 heterocycles. The first kappa shape index (κ1) is 17.5. The van der Waals surface area contributed by atoms with Gasteiger partial charge in [0.25, 0.3) is 0 Å². The molecule has 0 fully saturated rings. The molecule has 6 nitrogen and oxygen atoms in total. The number of hydrogen-bond acceptors (Lipinski definition) is 3. The Morgan fingerprint density at radius 3 is 2.72 bits per heavy atom. The van der Waals surface area contributed by atoms with E-state index in [2.05, 4.69) is 15.5 Å². The minimum absolute atomic E-state index is 0.215. The van der Waals surface area contributed by atoms with Crippen LogP contribution in [0, 0.1) is 0 Å². The lowest BCUT2D eigenvalue weighted by atomic mass is 9.95. The van der Waals surface area contributed by atoms with Gasteiger partial charge >= 0.3 is 6.18 Å². The maximum absolute atomic E-state index is 13.1. The van der Waals surface area contributed by atoms with E-state index >= 15 is 0 Å². The Kier molecular flexibility index (Phi) is 4.82. The van der Waals surface area contributed by atoms with Crippen LogP contribution in [-0.2, 0) is 43.4 Å². The van der Waals surface area contributed by atoms with Gasteiger partial charge in [-0.1, -0.05) is 0 Å². The Hall–Kier alpha value is -2.32. The first-order valence-electron chi connectivity index (χ1n) is 8.33. The van der Waals surface area contributed by atoms with Crippen LogP contribution in [0.1, 0.15) is 42.4 Å². The zero-order chi connectivity index (χ0) is 18.0. The fourth-order valence-electron chi connectivity index (χ4n) is 3.08. The van der Waals surface area contributed by atoms with Crippen LogP contribution >= 0.6 is 0 Å². The van der Waals surface area contributed by atoms with Crippen molar-refractivity contribution in [2.24, 2.45) is 0 Å². The van der Waals surface area contributed by atoms with Crippen molar-refractivity contribution < 1.29 is 18.0 Å². The Morgan fingerprint density at radius 2 is 2.04 bits per heavy atom. The molecular weight excluding hydrogens is 335 g/mol. The molecule has 0 spiro atoms. The molecule has 136 valence electrons. The standard InChI is InChI=1S/C16H20F3N5O/c1-2-23-8-7-11(21-23)9-20-14(25)10-24-13-6-4-3-5-12(13)15(22-24)16(17,18)19/h7-8H,2-6,9-10H2,1H3,(H,20,25). The monoisotopic (exact) mass is 355 g/mol. The van der Waals surface area contributed by atoms with E-state index in [1.165, 1.54) is 4.68 Å². The largest absolute Gasteiger partial charge is 0.435 e. The van der Waals surface area contributed by atoms with Gasteiger partial charge in [0.15, 0.2) is 5.69 Å². The number of fused-ring (bicyclic) bond motifs is 1. The molecule has 0 bridgehead atoms. The average Bonchev–Trinajstić information content (AvgIpc) is 3.17. The van der Waals surface area contributed by atoms with Gasteiger partial charge in [-0.3, -0.25) is 14.2 Å². The number of alkyl halides is 3. The zero-order valence-corrected chi connectivity index (χ0v) is 13.9. The Labute approximate surface area is 143 Å². The fourth-order valence-corrected chi connectivity index (χ4v) is 3.08. The quantitative estimate of drug-likeness (QED) is 0.895. The number of aryl methyl sites for hydroxylation is 1. The molecule has 1 N–H and O–H groups in total. The van der Waals surface area contributed by atoms with Crippen LogP contribution in [0.15, 0.2) is 12.3 Å². The SMILES string of the molecule is CCn1ccc(CNC(=O)Cn2nc(C(F)(F)F)c3c2CCCC3)n1. The van der Waals surface area contributed by atoms with Crippen LogP contribution < -0.4 is 5.32 Å². The lowest BCUT2D eigenvalue weighted by Gasteiger charge is -2.14. The maximum Gasteiger partial charge on any atom is 0.435 e. The van der Waals surface area contributed by atoms with Gasteiger partial charge in [0.2, 0.25) is 5.91 Å². The predicted octanol–water partition coefficient (Wildman–Crippen LogP) is 2.31. The second-order valence-corrected chi connectivity index (χ2v) is 6.08. The second-order valence-electron chi connectivity index (χ2n) is 6.08. The molecule has 0 aliphatic heterocycles. The summed E-state index contributed by atoms with van der Waals surface area (Å²) in [5.74, 6) is -0.379. The Balaban J connectivity index is 1.69.